The van der Waals surface area contributed by atoms with Gasteiger partial charge in [0.2, 0.25) is 0 Å². The molecule has 0 saturated heterocycles. The highest BCUT2D eigenvalue weighted by Gasteiger charge is 2.39. The summed E-state index contributed by atoms with van der Waals surface area (Å²) >= 11 is 1.13. The van der Waals surface area contributed by atoms with Crippen LogP contribution in [-0.2, 0) is 23.8 Å². The van der Waals surface area contributed by atoms with Gasteiger partial charge in [0.25, 0.3) is 0 Å². The molecule has 0 saturated carbocycles. The van der Waals surface area contributed by atoms with Crippen molar-refractivity contribution in [2.24, 2.45) is 12.2 Å². The molecule has 0 fully saturated rings. The van der Waals surface area contributed by atoms with Crippen LogP contribution in [0.4, 0.5) is 13.2 Å². The van der Waals surface area contributed by atoms with Gasteiger partial charge in [0, 0.05) is 24.8 Å². The van der Waals surface area contributed by atoms with Gasteiger partial charge < -0.3 is 4.84 Å². The summed E-state index contributed by atoms with van der Waals surface area (Å²) in [6.45, 7) is 3.69. The van der Waals surface area contributed by atoms with Gasteiger partial charge in [0.1, 0.15) is 22.4 Å². The number of alkyl halides is 3. The normalized spacial score (nSPS) is 17.3. The predicted molar refractivity (Wildman–Crippen MR) is 71.4 cm³/mol. The number of aryl methyl sites for hydroxylation is 1. The predicted octanol–water partition coefficient (Wildman–Crippen LogP) is 3.06. The van der Waals surface area contributed by atoms with Crippen molar-refractivity contribution in [3.8, 4) is 6.07 Å². The lowest BCUT2D eigenvalue weighted by molar-refractivity contribution is -0.141. The average molecular weight is 318 g/mol. The minimum absolute atomic E-state index is 0.0240. The Bertz CT molecular complexity index is 628. The molecule has 0 amide bonds. The zero-order valence-electron chi connectivity index (χ0n) is 11.7. The molecule has 5 nitrogen and oxygen atoms in total. The summed E-state index contributed by atoms with van der Waals surface area (Å²) in [6.07, 6.45) is -4.06. The monoisotopic (exact) mass is 318 g/mol. The number of thioether (sulfide) groups is 1. The molecule has 0 aliphatic carbocycles. The Hall–Kier alpha value is -1.69. The van der Waals surface area contributed by atoms with Crippen LogP contribution in [-0.4, -0.2) is 20.4 Å². The fourth-order valence-corrected chi connectivity index (χ4v) is 3.03. The van der Waals surface area contributed by atoms with Crippen molar-refractivity contribution in [3.63, 3.8) is 0 Å². The molecule has 2 rings (SSSR count). The van der Waals surface area contributed by atoms with E-state index >= 15 is 0 Å². The molecule has 114 valence electrons. The number of nitrogens with zero attached hydrogens (tertiary/aromatic N) is 4. The third-order valence-corrected chi connectivity index (χ3v) is 3.86. The Morgan fingerprint density at radius 3 is 2.62 bits per heavy atom. The fraction of sp³-hybridized carbons (Fsp3) is 0.583. The summed E-state index contributed by atoms with van der Waals surface area (Å²) in [4.78, 5) is 5.16. The van der Waals surface area contributed by atoms with Crippen molar-refractivity contribution in [2.45, 2.75) is 37.8 Å². The molecule has 0 atom stereocenters. The molecule has 2 heterocycles. The first kappa shape index (κ1) is 15.7. The summed E-state index contributed by atoms with van der Waals surface area (Å²) in [5, 5.41) is 16.9. The quantitative estimate of drug-likeness (QED) is 0.841. The Morgan fingerprint density at radius 1 is 1.48 bits per heavy atom. The number of nitriles is 1. The lowest BCUT2D eigenvalue weighted by Crippen LogP contribution is -2.18. The second-order valence-electron chi connectivity index (χ2n) is 5.21. The van der Waals surface area contributed by atoms with Gasteiger partial charge in [-0.25, -0.2) is 0 Å². The highest BCUT2D eigenvalue weighted by Crippen LogP contribution is 2.36. The molecule has 1 aromatic heterocycles. The van der Waals surface area contributed by atoms with Gasteiger partial charge in [0.05, 0.1) is 0 Å². The van der Waals surface area contributed by atoms with Crippen LogP contribution in [0.15, 0.2) is 5.16 Å². The topological polar surface area (TPSA) is 63.2 Å². The van der Waals surface area contributed by atoms with Gasteiger partial charge >= 0.3 is 6.18 Å². The molecule has 1 aromatic rings. The van der Waals surface area contributed by atoms with Crippen LogP contribution < -0.4 is 0 Å². The van der Waals surface area contributed by atoms with E-state index in [0.717, 1.165) is 16.4 Å². The lowest BCUT2D eigenvalue weighted by Gasteiger charge is -2.13. The maximum atomic E-state index is 13.0. The number of hydrogen-bond donors (Lipinski definition) is 0. The highest BCUT2D eigenvalue weighted by molar-refractivity contribution is 8.13. The van der Waals surface area contributed by atoms with Crippen LogP contribution >= 0.6 is 11.8 Å². The van der Waals surface area contributed by atoms with Gasteiger partial charge in [-0.2, -0.15) is 23.5 Å². The van der Waals surface area contributed by atoms with Crippen molar-refractivity contribution < 1.29 is 18.0 Å². The van der Waals surface area contributed by atoms with Crippen LogP contribution in [0.3, 0.4) is 0 Å². The van der Waals surface area contributed by atoms with Gasteiger partial charge in [0.15, 0.2) is 5.69 Å². The van der Waals surface area contributed by atoms with Crippen LogP contribution in [0.5, 0.6) is 0 Å². The molecule has 0 bridgehead atoms. The molecular weight excluding hydrogens is 305 g/mol. The minimum atomic E-state index is -4.59. The van der Waals surface area contributed by atoms with E-state index in [4.69, 9.17) is 10.1 Å². The van der Waals surface area contributed by atoms with Crippen molar-refractivity contribution in [1.29, 1.82) is 5.26 Å². The Morgan fingerprint density at radius 2 is 2.14 bits per heavy atom. The fourth-order valence-electron chi connectivity index (χ4n) is 1.91. The zero-order valence-corrected chi connectivity index (χ0v) is 12.5. The molecule has 1 aliphatic rings. The summed E-state index contributed by atoms with van der Waals surface area (Å²) in [7, 11) is 1.32. The van der Waals surface area contributed by atoms with E-state index in [0.29, 0.717) is 11.5 Å². The molecule has 0 aromatic carbocycles. The molecule has 0 unspecified atom stereocenters. The molecule has 1 aliphatic heterocycles. The van der Waals surface area contributed by atoms with Crippen molar-refractivity contribution in [2.75, 3.05) is 0 Å². The minimum Gasteiger partial charge on any atom is -0.389 e. The standard InChI is InChI=1S/C12H13F3N4OS/c1-11(2)4-9(18-20-11)21-6-7-8(5-16)19(3)17-10(7)12(13,14)15/h4,6H2,1-3H3. The maximum absolute atomic E-state index is 13.0. The van der Waals surface area contributed by atoms with Crippen LogP contribution in [0.2, 0.25) is 0 Å². The van der Waals surface area contributed by atoms with Crippen molar-refractivity contribution in [1.82, 2.24) is 9.78 Å². The third-order valence-electron chi connectivity index (χ3n) is 2.87. The first-order chi connectivity index (χ1) is 9.64. The van der Waals surface area contributed by atoms with E-state index in [2.05, 4.69) is 10.3 Å². The third kappa shape index (κ3) is 3.32. The summed E-state index contributed by atoms with van der Waals surface area (Å²) < 4.78 is 39.8. The van der Waals surface area contributed by atoms with Crippen LogP contribution in [0, 0.1) is 11.3 Å². The number of hydrogen-bond acceptors (Lipinski definition) is 5. The Labute approximate surface area is 123 Å². The number of rotatable bonds is 2. The van der Waals surface area contributed by atoms with Gasteiger partial charge in [-0.15, -0.1) is 11.8 Å². The van der Waals surface area contributed by atoms with E-state index in [9.17, 15) is 13.2 Å². The molecule has 9 heteroatoms. The highest BCUT2D eigenvalue weighted by atomic mass is 32.2. The van der Waals surface area contributed by atoms with E-state index in [1.807, 2.05) is 13.8 Å². The van der Waals surface area contributed by atoms with E-state index in [1.54, 1.807) is 6.07 Å². The zero-order chi connectivity index (χ0) is 15.8. The molecule has 0 N–H and O–H groups in total. The second kappa shape index (κ2) is 5.26. The van der Waals surface area contributed by atoms with Crippen molar-refractivity contribution in [3.05, 3.63) is 17.0 Å². The second-order valence-corrected chi connectivity index (χ2v) is 6.26. The van der Waals surface area contributed by atoms with Gasteiger partial charge in [-0.05, 0) is 13.8 Å². The number of oxime groups is 1. The molecule has 21 heavy (non-hydrogen) atoms. The van der Waals surface area contributed by atoms with Crippen molar-refractivity contribution >= 4 is 16.8 Å². The summed E-state index contributed by atoms with van der Waals surface area (Å²) in [6, 6.07) is 1.76. The van der Waals surface area contributed by atoms with E-state index < -0.39 is 17.5 Å². The molecule has 0 radical (unpaired) electrons. The molecule has 0 spiro atoms. The largest absolute Gasteiger partial charge is 0.435 e. The summed E-state index contributed by atoms with van der Waals surface area (Å²) in [5.74, 6) is -0.0240. The SMILES string of the molecule is Cn1nc(C(F)(F)F)c(CSC2=NOC(C)(C)C2)c1C#N. The summed E-state index contributed by atoms with van der Waals surface area (Å²) in [5.41, 5.74) is -1.67. The molecular formula is C12H13F3N4OS. The lowest BCUT2D eigenvalue weighted by atomic mass is 10.1. The Kier molecular flexibility index (Phi) is 3.93. The van der Waals surface area contributed by atoms with Crippen LogP contribution in [0.25, 0.3) is 0 Å². The number of halogens is 3. The van der Waals surface area contributed by atoms with Gasteiger partial charge in [-0.3, -0.25) is 4.68 Å². The maximum Gasteiger partial charge on any atom is 0.435 e. The first-order valence-electron chi connectivity index (χ1n) is 6.05. The van der Waals surface area contributed by atoms with Gasteiger partial charge in [-0.1, -0.05) is 5.16 Å². The van der Waals surface area contributed by atoms with E-state index in [-0.39, 0.29) is 17.0 Å². The average Bonchev–Trinajstić information content (AvgIpc) is 2.86. The Balaban J connectivity index is 2.22. The smallest absolute Gasteiger partial charge is 0.389 e. The van der Waals surface area contributed by atoms with Crippen LogP contribution in [0.1, 0.15) is 37.2 Å². The van der Waals surface area contributed by atoms with E-state index in [1.165, 1.54) is 7.05 Å². The first-order valence-corrected chi connectivity index (χ1v) is 7.03. The number of aromatic nitrogens is 2.